The highest BCUT2D eigenvalue weighted by Gasteiger charge is 2.27. The molecule has 1 aromatic rings. The maximum absolute atomic E-state index is 11.5. The van der Waals surface area contributed by atoms with Crippen molar-refractivity contribution in [3.05, 3.63) is 18.2 Å². The fourth-order valence-electron chi connectivity index (χ4n) is 2.31. The molecule has 9 nitrogen and oxygen atoms in total. The molecule has 3 amide bonds. The lowest BCUT2D eigenvalue weighted by atomic mass is 10.2. The van der Waals surface area contributed by atoms with Crippen LogP contribution in [-0.2, 0) is 4.79 Å². The number of hydrogen-bond acceptors (Lipinski definition) is 5. The maximum atomic E-state index is 11.5. The van der Waals surface area contributed by atoms with Gasteiger partial charge in [0.05, 0.1) is 20.3 Å². The summed E-state index contributed by atoms with van der Waals surface area (Å²) in [6, 6.07) is 5.08. The molecule has 0 aliphatic carbocycles. The number of anilines is 1. The second-order valence-corrected chi connectivity index (χ2v) is 5.13. The number of methoxy groups -OCH3 is 1. The minimum atomic E-state index is -0.369. The van der Waals surface area contributed by atoms with Crippen molar-refractivity contribution >= 4 is 23.6 Å². The maximum Gasteiger partial charge on any atom is 0.324 e. The summed E-state index contributed by atoms with van der Waals surface area (Å²) in [7, 11) is 3.22. The van der Waals surface area contributed by atoms with E-state index in [0.717, 1.165) is 5.69 Å². The van der Waals surface area contributed by atoms with Crippen molar-refractivity contribution in [3.63, 3.8) is 0 Å². The lowest BCUT2D eigenvalue weighted by molar-refractivity contribution is -0.124. The molecule has 1 aromatic carbocycles. The third-order valence-corrected chi connectivity index (χ3v) is 3.51. The first-order valence-electron chi connectivity index (χ1n) is 7.95. The Balaban J connectivity index is 1.92. The quantitative estimate of drug-likeness (QED) is 0.379. The van der Waals surface area contributed by atoms with Gasteiger partial charge in [-0.1, -0.05) is 0 Å². The molecule has 0 bridgehead atoms. The van der Waals surface area contributed by atoms with Crippen molar-refractivity contribution in [3.8, 4) is 11.5 Å². The largest absolute Gasteiger partial charge is 0.493 e. The zero-order chi connectivity index (χ0) is 18.2. The summed E-state index contributed by atoms with van der Waals surface area (Å²) in [5, 5.41) is 8.66. The summed E-state index contributed by atoms with van der Waals surface area (Å²) in [6.45, 7) is 3.12. The molecule has 1 heterocycles. The second-order valence-electron chi connectivity index (χ2n) is 5.13. The van der Waals surface area contributed by atoms with Gasteiger partial charge < -0.3 is 25.4 Å². The average Bonchev–Trinajstić information content (AvgIpc) is 2.93. The number of rotatable bonds is 7. The van der Waals surface area contributed by atoms with Crippen LogP contribution in [0.5, 0.6) is 11.5 Å². The van der Waals surface area contributed by atoms with Crippen LogP contribution in [-0.4, -0.2) is 63.2 Å². The number of guanidine groups is 1. The van der Waals surface area contributed by atoms with E-state index in [1.165, 1.54) is 4.90 Å². The van der Waals surface area contributed by atoms with E-state index in [2.05, 4.69) is 20.9 Å². The number of hydrogen-bond donors (Lipinski definition) is 3. The van der Waals surface area contributed by atoms with Crippen molar-refractivity contribution in [2.24, 2.45) is 4.99 Å². The third kappa shape index (κ3) is 4.75. The molecule has 9 heteroatoms. The van der Waals surface area contributed by atoms with Gasteiger partial charge in [-0.25, -0.2) is 4.79 Å². The molecular formula is C16H23N5O4. The van der Waals surface area contributed by atoms with Gasteiger partial charge >= 0.3 is 6.03 Å². The van der Waals surface area contributed by atoms with Gasteiger partial charge in [0, 0.05) is 31.9 Å². The number of carbonyl (C=O) groups excluding carboxylic acids is 2. The second kappa shape index (κ2) is 8.76. The van der Waals surface area contributed by atoms with Gasteiger partial charge in [0.1, 0.15) is 0 Å². The Bertz CT molecular complexity index is 646. The van der Waals surface area contributed by atoms with E-state index >= 15 is 0 Å². The van der Waals surface area contributed by atoms with Gasteiger partial charge in [-0.15, -0.1) is 0 Å². The number of benzene rings is 1. The summed E-state index contributed by atoms with van der Waals surface area (Å²) < 4.78 is 10.8. The molecule has 0 aromatic heterocycles. The van der Waals surface area contributed by atoms with Crippen molar-refractivity contribution < 1.29 is 19.1 Å². The summed E-state index contributed by atoms with van der Waals surface area (Å²) in [5.74, 6) is 1.56. The summed E-state index contributed by atoms with van der Waals surface area (Å²) in [6.07, 6.45) is 0. The Morgan fingerprint density at radius 3 is 2.76 bits per heavy atom. The third-order valence-electron chi connectivity index (χ3n) is 3.51. The van der Waals surface area contributed by atoms with Crippen LogP contribution in [0.1, 0.15) is 6.92 Å². The molecule has 25 heavy (non-hydrogen) atoms. The molecule has 0 saturated carbocycles. The Morgan fingerprint density at radius 1 is 1.36 bits per heavy atom. The summed E-state index contributed by atoms with van der Waals surface area (Å²) in [5.41, 5.74) is 0.771. The standard InChI is InChI=1S/C16H23N5O4/c1-4-25-13-9-11(5-6-12(13)24-3)20-15(17-2)18-7-8-21-14(22)10-19-16(21)23/h5-6,9H,4,7-8,10H2,1-3H3,(H,19,23)(H2,17,18,20). The van der Waals surface area contributed by atoms with Gasteiger partial charge in [-0.3, -0.25) is 14.7 Å². The van der Waals surface area contributed by atoms with Crippen LogP contribution >= 0.6 is 0 Å². The SMILES string of the molecule is CCOc1cc(NC(=NC)NCCN2C(=O)CNC2=O)ccc1OC. The Morgan fingerprint density at radius 2 is 2.16 bits per heavy atom. The number of imide groups is 1. The molecule has 136 valence electrons. The molecule has 1 aliphatic rings. The van der Waals surface area contributed by atoms with E-state index in [4.69, 9.17) is 9.47 Å². The van der Waals surface area contributed by atoms with E-state index in [1.807, 2.05) is 19.1 Å². The summed E-state index contributed by atoms with van der Waals surface area (Å²) in [4.78, 5) is 28.3. The van der Waals surface area contributed by atoms with Gasteiger partial charge in [0.25, 0.3) is 0 Å². The first-order valence-corrected chi connectivity index (χ1v) is 7.95. The number of aliphatic imine (C=N–C) groups is 1. The molecule has 3 N–H and O–H groups in total. The zero-order valence-electron chi connectivity index (χ0n) is 14.6. The topological polar surface area (TPSA) is 104 Å². The van der Waals surface area contributed by atoms with Crippen molar-refractivity contribution in [2.45, 2.75) is 6.92 Å². The minimum Gasteiger partial charge on any atom is -0.493 e. The van der Waals surface area contributed by atoms with Crippen molar-refractivity contribution in [1.82, 2.24) is 15.5 Å². The Labute approximate surface area is 146 Å². The molecule has 0 radical (unpaired) electrons. The highest BCUT2D eigenvalue weighted by atomic mass is 16.5. The van der Waals surface area contributed by atoms with Crippen LogP contribution < -0.4 is 25.4 Å². The van der Waals surface area contributed by atoms with Gasteiger partial charge in [-0.2, -0.15) is 0 Å². The normalized spacial score (nSPS) is 14.4. The molecular weight excluding hydrogens is 326 g/mol. The fraction of sp³-hybridized carbons (Fsp3) is 0.438. The van der Waals surface area contributed by atoms with E-state index < -0.39 is 0 Å². The molecule has 1 fully saturated rings. The van der Waals surface area contributed by atoms with Crippen LogP contribution in [0.2, 0.25) is 0 Å². The van der Waals surface area contributed by atoms with Crippen molar-refractivity contribution in [1.29, 1.82) is 0 Å². The van der Waals surface area contributed by atoms with Crippen LogP contribution in [0.25, 0.3) is 0 Å². The highest BCUT2D eigenvalue weighted by molar-refractivity contribution is 6.02. The monoisotopic (exact) mass is 349 g/mol. The number of amides is 3. The fourth-order valence-corrected chi connectivity index (χ4v) is 2.31. The Hall–Kier alpha value is -2.97. The minimum absolute atomic E-state index is 0.0534. The van der Waals surface area contributed by atoms with Gasteiger partial charge in [-0.05, 0) is 19.1 Å². The number of carbonyl (C=O) groups is 2. The zero-order valence-corrected chi connectivity index (χ0v) is 14.6. The lowest BCUT2D eigenvalue weighted by Crippen LogP contribution is -2.40. The van der Waals surface area contributed by atoms with Crippen LogP contribution in [0.3, 0.4) is 0 Å². The molecule has 0 unspecified atom stereocenters. The van der Waals surface area contributed by atoms with E-state index in [9.17, 15) is 9.59 Å². The van der Waals surface area contributed by atoms with Crippen LogP contribution in [0.4, 0.5) is 10.5 Å². The predicted octanol–water partition coefficient (Wildman–Crippen LogP) is 0.633. The first-order chi connectivity index (χ1) is 12.1. The number of ether oxygens (including phenoxy) is 2. The average molecular weight is 349 g/mol. The number of urea groups is 1. The molecule has 0 atom stereocenters. The highest BCUT2D eigenvalue weighted by Crippen LogP contribution is 2.30. The van der Waals surface area contributed by atoms with Crippen molar-refractivity contribution in [2.75, 3.05) is 45.7 Å². The van der Waals surface area contributed by atoms with Gasteiger partial charge in [0.15, 0.2) is 17.5 Å². The number of nitrogens with one attached hydrogen (secondary N) is 3. The van der Waals surface area contributed by atoms with Gasteiger partial charge in [0.2, 0.25) is 5.91 Å². The molecule has 0 spiro atoms. The van der Waals surface area contributed by atoms with Crippen LogP contribution in [0, 0.1) is 0 Å². The summed E-state index contributed by atoms with van der Waals surface area (Å²) >= 11 is 0. The smallest absolute Gasteiger partial charge is 0.324 e. The molecule has 2 rings (SSSR count). The molecule has 1 aliphatic heterocycles. The number of nitrogens with zero attached hydrogens (tertiary/aromatic N) is 2. The first kappa shape index (κ1) is 18.4. The van der Waals surface area contributed by atoms with E-state index in [0.29, 0.717) is 30.6 Å². The van der Waals surface area contributed by atoms with E-state index in [-0.39, 0.29) is 25.0 Å². The van der Waals surface area contributed by atoms with Crippen LogP contribution in [0.15, 0.2) is 23.2 Å². The molecule has 1 saturated heterocycles. The van der Waals surface area contributed by atoms with E-state index in [1.54, 1.807) is 20.2 Å². The Kier molecular flexibility index (Phi) is 6.44. The predicted molar refractivity (Wildman–Crippen MR) is 94.3 cm³/mol. The lowest BCUT2D eigenvalue weighted by Gasteiger charge is -2.16.